The molecule has 240 valence electrons. The molecule has 4 rings (SSSR count). The Labute approximate surface area is 254 Å². The van der Waals surface area contributed by atoms with E-state index >= 15 is 4.39 Å². The van der Waals surface area contributed by atoms with Gasteiger partial charge in [0.05, 0.1) is 54.2 Å². The predicted molar refractivity (Wildman–Crippen MR) is 161 cm³/mol. The molecule has 3 aromatic rings. The van der Waals surface area contributed by atoms with Gasteiger partial charge in [-0.25, -0.2) is 12.8 Å². The smallest absolute Gasteiger partial charge is 0.406 e. The molecular weight excluding hydrogens is 604 g/mol. The number of ether oxygens (including phenoxy) is 2. The summed E-state index contributed by atoms with van der Waals surface area (Å²) in [6.07, 6.45) is -4.98. The third-order valence-corrected chi connectivity index (χ3v) is 8.37. The monoisotopic (exact) mass is 640 g/mol. The largest absolute Gasteiger partial charge is 0.495 e. The summed E-state index contributed by atoms with van der Waals surface area (Å²) in [5, 5.41) is 16.7. The number of aliphatic hydroxyl groups is 1. The van der Waals surface area contributed by atoms with E-state index in [1.54, 1.807) is 24.3 Å². The number of nitrogens with zero attached hydrogens (tertiary/aromatic N) is 2. The van der Waals surface area contributed by atoms with Gasteiger partial charge in [-0.05, 0) is 42.7 Å². The Morgan fingerprint density at radius 1 is 1.16 bits per heavy atom. The molecule has 3 atom stereocenters. The SMILES string of the molecule is COC[C@H](O)CN1CC[C@H](Nc2cccc3c2cc(C#CCNc2ccc(S(C)(=O)=O)cc2OC)n3CC(F)(F)F)[C@H](F)C1. The Hall–Kier alpha value is -3.51. The van der Waals surface area contributed by atoms with Crippen LogP contribution in [0.25, 0.3) is 10.9 Å². The number of rotatable bonds is 11. The van der Waals surface area contributed by atoms with Crippen molar-refractivity contribution in [1.82, 2.24) is 9.47 Å². The minimum atomic E-state index is -4.51. The average Bonchev–Trinajstić information content (AvgIpc) is 3.28. The minimum absolute atomic E-state index is 0.0361. The summed E-state index contributed by atoms with van der Waals surface area (Å²) in [6.45, 7) is -0.141. The van der Waals surface area contributed by atoms with Crippen LogP contribution < -0.4 is 15.4 Å². The number of hydrogen-bond donors (Lipinski definition) is 3. The Morgan fingerprint density at radius 2 is 1.93 bits per heavy atom. The maximum Gasteiger partial charge on any atom is 0.406 e. The number of benzene rings is 2. The second kappa shape index (κ2) is 14.1. The molecule has 1 saturated heterocycles. The maximum atomic E-state index is 15.2. The quantitative estimate of drug-likeness (QED) is 0.214. The molecule has 0 unspecified atom stereocenters. The molecule has 0 amide bonds. The van der Waals surface area contributed by atoms with Gasteiger partial charge in [-0.1, -0.05) is 12.0 Å². The zero-order chi connectivity index (χ0) is 32.1. The number of aliphatic hydroxyl groups excluding tert-OH is 1. The number of fused-ring (bicyclic) bond motifs is 1. The minimum Gasteiger partial charge on any atom is -0.495 e. The van der Waals surface area contributed by atoms with Gasteiger partial charge in [0.25, 0.3) is 0 Å². The first-order chi connectivity index (χ1) is 20.8. The summed E-state index contributed by atoms with van der Waals surface area (Å²) in [5.74, 6) is 5.92. The molecular formula is C30H36F4N4O5S. The molecule has 1 aliphatic heterocycles. The van der Waals surface area contributed by atoms with E-state index in [4.69, 9.17) is 9.47 Å². The number of aromatic nitrogens is 1. The van der Waals surface area contributed by atoms with Gasteiger partial charge in [-0.2, -0.15) is 13.2 Å². The molecule has 1 aromatic heterocycles. The van der Waals surface area contributed by atoms with Crippen molar-refractivity contribution < 1.29 is 40.6 Å². The van der Waals surface area contributed by atoms with Crippen molar-refractivity contribution in [3.05, 3.63) is 48.2 Å². The molecule has 1 fully saturated rings. The van der Waals surface area contributed by atoms with Crippen LogP contribution in [0.1, 0.15) is 12.1 Å². The number of nitrogens with one attached hydrogen (secondary N) is 2. The Morgan fingerprint density at radius 3 is 2.59 bits per heavy atom. The molecule has 0 bridgehead atoms. The lowest BCUT2D eigenvalue weighted by atomic mass is 10.0. The molecule has 1 aliphatic rings. The van der Waals surface area contributed by atoms with Crippen molar-refractivity contribution in [2.75, 3.05) is 63.9 Å². The van der Waals surface area contributed by atoms with Gasteiger partial charge in [-0.15, -0.1) is 0 Å². The van der Waals surface area contributed by atoms with Gasteiger partial charge in [0.15, 0.2) is 9.84 Å². The first kappa shape index (κ1) is 33.4. The van der Waals surface area contributed by atoms with E-state index in [1.165, 1.54) is 32.4 Å². The number of methoxy groups -OCH3 is 2. The fourth-order valence-corrected chi connectivity index (χ4v) is 5.86. The molecule has 3 N–H and O–H groups in total. The lowest BCUT2D eigenvalue weighted by Crippen LogP contribution is -2.50. The highest BCUT2D eigenvalue weighted by molar-refractivity contribution is 7.90. The van der Waals surface area contributed by atoms with Crippen molar-refractivity contribution >= 4 is 32.1 Å². The van der Waals surface area contributed by atoms with Crippen LogP contribution >= 0.6 is 0 Å². The second-order valence-electron chi connectivity index (χ2n) is 10.7. The second-order valence-corrected chi connectivity index (χ2v) is 12.7. The van der Waals surface area contributed by atoms with Crippen LogP contribution in [0.15, 0.2) is 47.4 Å². The Balaban J connectivity index is 1.54. The predicted octanol–water partition coefficient (Wildman–Crippen LogP) is 3.91. The number of anilines is 2. The van der Waals surface area contributed by atoms with E-state index in [1.807, 2.05) is 4.90 Å². The average molecular weight is 641 g/mol. The fraction of sp³-hybridized carbons (Fsp3) is 0.467. The first-order valence-electron chi connectivity index (χ1n) is 13.9. The van der Waals surface area contributed by atoms with E-state index < -0.39 is 40.9 Å². The fourth-order valence-electron chi connectivity index (χ4n) is 5.22. The summed E-state index contributed by atoms with van der Waals surface area (Å²) in [5.41, 5.74) is 1.40. The summed E-state index contributed by atoms with van der Waals surface area (Å²) in [6, 6.07) is 10.2. The van der Waals surface area contributed by atoms with Crippen LogP contribution in [0, 0.1) is 11.8 Å². The number of likely N-dealkylation sites (tertiary alicyclic amines) is 1. The van der Waals surface area contributed by atoms with E-state index in [0.717, 1.165) is 10.8 Å². The van der Waals surface area contributed by atoms with E-state index in [0.29, 0.717) is 35.2 Å². The van der Waals surface area contributed by atoms with Crippen LogP contribution in [0.5, 0.6) is 5.75 Å². The van der Waals surface area contributed by atoms with E-state index in [-0.39, 0.29) is 42.6 Å². The number of hydrogen-bond acceptors (Lipinski definition) is 8. The summed E-state index contributed by atoms with van der Waals surface area (Å²) >= 11 is 0. The van der Waals surface area contributed by atoms with Gasteiger partial charge in [-0.3, -0.25) is 4.90 Å². The summed E-state index contributed by atoms with van der Waals surface area (Å²) in [7, 11) is -0.571. The van der Waals surface area contributed by atoms with Crippen molar-refractivity contribution in [2.24, 2.45) is 0 Å². The first-order valence-corrected chi connectivity index (χ1v) is 15.8. The van der Waals surface area contributed by atoms with Crippen molar-refractivity contribution in [3.8, 4) is 17.6 Å². The maximum absolute atomic E-state index is 15.2. The van der Waals surface area contributed by atoms with Gasteiger partial charge >= 0.3 is 6.18 Å². The number of sulfone groups is 1. The number of piperidine rings is 1. The summed E-state index contributed by atoms with van der Waals surface area (Å²) < 4.78 is 90.9. The third-order valence-electron chi connectivity index (χ3n) is 7.26. The standard InChI is InChI=1S/C30H36F4N4O5S/c1-42-18-21(39)16-37-13-11-26(24(31)17-37)36-25-7-4-8-28-23(25)14-20(38(28)19-30(32,33)34)6-5-12-35-27-10-9-22(44(3,40)41)15-29(27)43-2/h4,7-10,14-15,21,24,26,35-36,39H,11-13,16-19H2,1-3H3/t21-,24-,26+/m1/s1. The highest BCUT2D eigenvalue weighted by atomic mass is 32.2. The Kier molecular flexibility index (Phi) is 10.7. The topological polar surface area (TPSA) is 105 Å². The van der Waals surface area contributed by atoms with Crippen LogP contribution in [0.3, 0.4) is 0 Å². The molecule has 14 heteroatoms. The molecule has 2 aromatic carbocycles. The third kappa shape index (κ3) is 8.56. The zero-order valence-corrected chi connectivity index (χ0v) is 25.4. The molecule has 0 radical (unpaired) electrons. The molecule has 9 nitrogen and oxygen atoms in total. The Bertz CT molecular complexity index is 1620. The van der Waals surface area contributed by atoms with Crippen LogP contribution in [0.4, 0.5) is 28.9 Å². The van der Waals surface area contributed by atoms with Gasteiger partial charge in [0.2, 0.25) is 0 Å². The van der Waals surface area contributed by atoms with Gasteiger partial charge in [0, 0.05) is 50.1 Å². The van der Waals surface area contributed by atoms with Gasteiger partial charge < -0.3 is 29.8 Å². The number of β-amino-alcohol motifs (C(OH)–C–C–N with tert-alkyl or cyclic N) is 1. The zero-order valence-electron chi connectivity index (χ0n) is 24.6. The molecule has 0 saturated carbocycles. The van der Waals surface area contributed by atoms with Crippen LogP contribution in [-0.4, -0.2) is 101 Å². The lowest BCUT2D eigenvalue weighted by molar-refractivity contribution is -0.140. The molecule has 44 heavy (non-hydrogen) atoms. The van der Waals surface area contributed by atoms with Crippen molar-refractivity contribution in [1.29, 1.82) is 0 Å². The molecule has 2 heterocycles. The lowest BCUT2D eigenvalue weighted by Gasteiger charge is -2.36. The highest BCUT2D eigenvalue weighted by Gasteiger charge is 2.32. The highest BCUT2D eigenvalue weighted by Crippen LogP contribution is 2.32. The summed E-state index contributed by atoms with van der Waals surface area (Å²) in [4.78, 5) is 1.90. The van der Waals surface area contributed by atoms with Crippen LogP contribution in [0.2, 0.25) is 0 Å². The van der Waals surface area contributed by atoms with Gasteiger partial charge in [0.1, 0.15) is 18.5 Å². The van der Waals surface area contributed by atoms with E-state index in [9.17, 15) is 26.7 Å². The molecule has 0 aliphatic carbocycles. The van der Waals surface area contributed by atoms with Crippen LogP contribution in [-0.2, 0) is 21.1 Å². The number of alkyl halides is 4. The van der Waals surface area contributed by atoms with Crippen molar-refractivity contribution in [2.45, 2.75) is 42.4 Å². The molecule has 0 spiro atoms. The normalized spacial score (nSPS) is 18.5. The number of halogens is 4. The van der Waals surface area contributed by atoms with E-state index in [2.05, 4.69) is 22.5 Å². The van der Waals surface area contributed by atoms with Crippen molar-refractivity contribution in [3.63, 3.8) is 0 Å².